The van der Waals surface area contributed by atoms with Crippen molar-refractivity contribution < 1.29 is 18.9 Å². The Hall–Kier alpha value is -2.45. The summed E-state index contributed by atoms with van der Waals surface area (Å²) in [4.78, 5) is 6.68. The van der Waals surface area contributed by atoms with Crippen LogP contribution in [-0.4, -0.2) is 60.6 Å². The number of imidazole rings is 1. The Bertz CT molecular complexity index is 1150. The number of piperidine rings is 1. The van der Waals surface area contributed by atoms with Gasteiger partial charge in [-0.1, -0.05) is 29.3 Å². The molecule has 1 saturated heterocycles. The summed E-state index contributed by atoms with van der Waals surface area (Å²) < 4.78 is 25.6. The van der Waals surface area contributed by atoms with Crippen molar-refractivity contribution in [3.8, 4) is 17.2 Å². The molecule has 7 nitrogen and oxygen atoms in total. The van der Waals surface area contributed by atoms with Gasteiger partial charge in [0, 0.05) is 45.2 Å². The summed E-state index contributed by atoms with van der Waals surface area (Å²) in [5, 5.41) is 0.995. The van der Waals surface area contributed by atoms with E-state index in [2.05, 4.69) is 26.6 Å². The number of methoxy groups -OCH3 is 2. The zero-order valence-electron chi connectivity index (χ0n) is 21.0. The van der Waals surface area contributed by atoms with Crippen LogP contribution in [0.2, 0.25) is 10.0 Å². The van der Waals surface area contributed by atoms with Crippen molar-refractivity contribution in [2.75, 3.05) is 40.5 Å². The van der Waals surface area contributed by atoms with Crippen molar-refractivity contribution in [1.82, 2.24) is 14.5 Å². The van der Waals surface area contributed by atoms with E-state index in [1.54, 1.807) is 32.5 Å². The van der Waals surface area contributed by atoms with Crippen LogP contribution >= 0.6 is 23.2 Å². The van der Waals surface area contributed by atoms with E-state index in [0.717, 1.165) is 56.3 Å². The van der Waals surface area contributed by atoms with Crippen molar-refractivity contribution >= 4 is 23.2 Å². The normalized spacial score (nSPS) is 15.6. The van der Waals surface area contributed by atoms with Gasteiger partial charge >= 0.3 is 0 Å². The van der Waals surface area contributed by atoms with Crippen molar-refractivity contribution in [3.63, 3.8) is 0 Å². The first-order valence-corrected chi connectivity index (χ1v) is 12.8. The van der Waals surface area contributed by atoms with E-state index in [1.165, 1.54) is 5.56 Å². The molecule has 1 aliphatic heterocycles. The number of hydrogen-bond acceptors (Lipinski definition) is 6. The van der Waals surface area contributed by atoms with Gasteiger partial charge in [0.25, 0.3) is 0 Å². The van der Waals surface area contributed by atoms with E-state index in [9.17, 15) is 0 Å². The molecule has 1 fully saturated rings. The van der Waals surface area contributed by atoms with Crippen LogP contribution < -0.4 is 14.2 Å². The van der Waals surface area contributed by atoms with E-state index in [-0.39, 0.29) is 5.60 Å². The second-order valence-corrected chi connectivity index (χ2v) is 9.84. The highest BCUT2D eigenvalue weighted by atomic mass is 35.5. The summed E-state index contributed by atoms with van der Waals surface area (Å²) in [6, 6.07) is 11.5. The zero-order chi connectivity index (χ0) is 25.5. The maximum Gasteiger partial charge on any atom is 0.161 e. The van der Waals surface area contributed by atoms with Gasteiger partial charge in [-0.15, -0.1) is 0 Å². The first-order valence-electron chi connectivity index (χ1n) is 12.0. The average Bonchev–Trinajstić information content (AvgIpc) is 3.30. The standard InChI is InChI=1S/C27H33Cl2N3O4/c1-20-30-10-13-32(20)14-15-35-26-16-21(4-7-25(26)33-2)18-31-11-8-27(34-3,9-12-31)19-36-22-5-6-23(28)24(29)17-22/h4-7,10,13,16-17H,8-9,11-12,14-15,18-19H2,1-3H3. The van der Waals surface area contributed by atoms with E-state index in [4.69, 9.17) is 42.1 Å². The molecule has 0 saturated carbocycles. The quantitative estimate of drug-likeness (QED) is 0.317. The summed E-state index contributed by atoms with van der Waals surface area (Å²) in [5.41, 5.74) is 0.851. The summed E-state index contributed by atoms with van der Waals surface area (Å²) in [6.07, 6.45) is 5.49. The van der Waals surface area contributed by atoms with Crippen LogP contribution in [0, 0.1) is 6.92 Å². The lowest BCUT2D eigenvalue weighted by atomic mass is 9.91. The number of likely N-dealkylation sites (tertiary alicyclic amines) is 1. The Morgan fingerprint density at radius 2 is 1.78 bits per heavy atom. The summed E-state index contributed by atoms with van der Waals surface area (Å²) in [7, 11) is 3.42. The molecule has 194 valence electrons. The smallest absolute Gasteiger partial charge is 0.161 e. The number of aryl methyl sites for hydroxylation is 1. The van der Waals surface area contributed by atoms with Crippen LogP contribution in [-0.2, 0) is 17.8 Å². The van der Waals surface area contributed by atoms with Gasteiger partial charge in [-0.25, -0.2) is 4.98 Å². The highest BCUT2D eigenvalue weighted by Gasteiger charge is 2.35. The van der Waals surface area contributed by atoms with Gasteiger partial charge in [0.2, 0.25) is 0 Å². The van der Waals surface area contributed by atoms with E-state index in [0.29, 0.717) is 29.0 Å². The van der Waals surface area contributed by atoms with Gasteiger partial charge < -0.3 is 23.5 Å². The van der Waals surface area contributed by atoms with Crippen LogP contribution in [0.25, 0.3) is 0 Å². The lowest BCUT2D eigenvalue weighted by Crippen LogP contribution is -2.48. The third kappa shape index (κ3) is 6.65. The minimum absolute atomic E-state index is 0.331. The zero-order valence-corrected chi connectivity index (χ0v) is 22.5. The SMILES string of the molecule is COc1ccc(CN2CCC(COc3ccc(Cl)c(Cl)c3)(OC)CC2)cc1OCCn1ccnc1C. The monoisotopic (exact) mass is 533 g/mol. The molecule has 0 amide bonds. The Balaban J connectivity index is 1.31. The third-order valence-electron chi connectivity index (χ3n) is 6.74. The predicted octanol–water partition coefficient (Wildman–Crippen LogP) is 5.65. The molecule has 0 atom stereocenters. The Labute approximate surface area is 222 Å². The number of halogens is 2. The Kier molecular flexibility index (Phi) is 9.01. The molecule has 3 aromatic rings. The molecule has 36 heavy (non-hydrogen) atoms. The second-order valence-electron chi connectivity index (χ2n) is 9.03. The molecule has 4 rings (SSSR count). The van der Waals surface area contributed by atoms with E-state index in [1.807, 2.05) is 25.3 Å². The molecule has 0 N–H and O–H groups in total. The molecule has 0 spiro atoms. The number of aromatic nitrogens is 2. The first kappa shape index (κ1) is 26.6. The van der Waals surface area contributed by atoms with Crippen LogP contribution in [0.1, 0.15) is 24.2 Å². The molecular weight excluding hydrogens is 501 g/mol. The molecule has 0 aliphatic carbocycles. The fourth-order valence-corrected chi connectivity index (χ4v) is 4.68. The largest absolute Gasteiger partial charge is 0.493 e. The molecule has 0 bridgehead atoms. The molecule has 2 heterocycles. The minimum atomic E-state index is -0.331. The van der Waals surface area contributed by atoms with Gasteiger partial charge in [0.15, 0.2) is 11.5 Å². The molecule has 0 unspecified atom stereocenters. The number of ether oxygens (including phenoxy) is 4. The highest BCUT2D eigenvalue weighted by molar-refractivity contribution is 6.42. The number of hydrogen-bond donors (Lipinski definition) is 0. The van der Waals surface area contributed by atoms with Crippen molar-refractivity contribution in [2.45, 2.75) is 38.5 Å². The highest BCUT2D eigenvalue weighted by Crippen LogP contribution is 2.32. The van der Waals surface area contributed by atoms with Crippen molar-refractivity contribution in [3.05, 3.63) is 70.2 Å². The fourth-order valence-electron chi connectivity index (χ4n) is 4.39. The van der Waals surface area contributed by atoms with Crippen LogP contribution in [0.5, 0.6) is 17.2 Å². The molecule has 2 aromatic carbocycles. The van der Waals surface area contributed by atoms with Gasteiger partial charge in [-0.05, 0) is 49.6 Å². The molecule has 9 heteroatoms. The van der Waals surface area contributed by atoms with Gasteiger partial charge in [0.1, 0.15) is 30.4 Å². The fraction of sp³-hybridized carbons (Fsp3) is 0.444. The lowest BCUT2D eigenvalue weighted by molar-refractivity contribution is -0.0839. The van der Waals surface area contributed by atoms with Gasteiger partial charge in [-0.3, -0.25) is 4.90 Å². The van der Waals surface area contributed by atoms with E-state index >= 15 is 0 Å². The number of benzene rings is 2. The van der Waals surface area contributed by atoms with Gasteiger partial charge in [-0.2, -0.15) is 0 Å². The van der Waals surface area contributed by atoms with Crippen molar-refractivity contribution in [2.24, 2.45) is 0 Å². The topological polar surface area (TPSA) is 58.0 Å². The average molecular weight is 534 g/mol. The third-order valence-corrected chi connectivity index (χ3v) is 7.48. The maximum atomic E-state index is 6.12. The number of rotatable bonds is 11. The Morgan fingerprint density at radius 1 is 0.972 bits per heavy atom. The second kappa shape index (κ2) is 12.2. The Morgan fingerprint density at radius 3 is 2.44 bits per heavy atom. The van der Waals surface area contributed by atoms with Crippen LogP contribution in [0.3, 0.4) is 0 Å². The molecule has 1 aliphatic rings. The first-order chi connectivity index (χ1) is 17.4. The lowest BCUT2D eigenvalue weighted by Gasteiger charge is -2.40. The van der Waals surface area contributed by atoms with Crippen LogP contribution in [0.4, 0.5) is 0 Å². The molecular formula is C27H33Cl2N3O4. The minimum Gasteiger partial charge on any atom is -0.493 e. The molecule has 1 aromatic heterocycles. The predicted molar refractivity (Wildman–Crippen MR) is 142 cm³/mol. The maximum absolute atomic E-state index is 6.12. The summed E-state index contributed by atoms with van der Waals surface area (Å²) >= 11 is 12.1. The van der Waals surface area contributed by atoms with Gasteiger partial charge in [0.05, 0.1) is 23.7 Å². The van der Waals surface area contributed by atoms with Crippen molar-refractivity contribution in [1.29, 1.82) is 0 Å². The molecule has 0 radical (unpaired) electrons. The summed E-state index contributed by atoms with van der Waals surface area (Å²) in [6.45, 7) is 6.35. The summed E-state index contributed by atoms with van der Waals surface area (Å²) in [5.74, 6) is 3.15. The van der Waals surface area contributed by atoms with Crippen LogP contribution in [0.15, 0.2) is 48.8 Å². The van der Waals surface area contributed by atoms with E-state index < -0.39 is 0 Å². The number of nitrogens with zero attached hydrogens (tertiary/aromatic N) is 3.